The Balaban J connectivity index is 2.32. The van der Waals surface area contributed by atoms with Crippen molar-refractivity contribution in [1.29, 1.82) is 0 Å². The van der Waals surface area contributed by atoms with Crippen molar-refractivity contribution >= 4 is 5.97 Å². The third-order valence-corrected chi connectivity index (χ3v) is 4.35. The van der Waals surface area contributed by atoms with Crippen LogP contribution >= 0.6 is 0 Å². The second kappa shape index (κ2) is 8.57. The average molecular weight is 270 g/mol. The molecule has 0 spiro atoms. The van der Waals surface area contributed by atoms with E-state index in [1.54, 1.807) is 0 Å². The summed E-state index contributed by atoms with van der Waals surface area (Å²) in [5.41, 5.74) is 0. The van der Waals surface area contributed by atoms with Crippen LogP contribution in [0.25, 0.3) is 0 Å². The van der Waals surface area contributed by atoms with Crippen LogP contribution in [0.3, 0.4) is 0 Å². The molecule has 1 saturated carbocycles. The van der Waals surface area contributed by atoms with Crippen molar-refractivity contribution in [3.05, 3.63) is 0 Å². The molecule has 2 atom stereocenters. The summed E-state index contributed by atoms with van der Waals surface area (Å²) < 4.78 is 5.13. The van der Waals surface area contributed by atoms with E-state index < -0.39 is 0 Å². The molecule has 2 unspecified atom stereocenters. The molecule has 3 heteroatoms. The Labute approximate surface area is 117 Å². The molecule has 19 heavy (non-hydrogen) atoms. The molecule has 0 aromatic rings. The first kappa shape index (κ1) is 16.5. The number of carbonyl (C=O) groups is 1. The number of esters is 1. The van der Waals surface area contributed by atoms with Gasteiger partial charge in [0.15, 0.2) is 0 Å². The number of rotatable bonds is 7. The van der Waals surface area contributed by atoms with Crippen LogP contribution in [0.4, 0.5) is 0 Å². The van der Waals surface area contributed by atoms with Crippen molar-refractivity contribution < 1.29 is 14.6 Å². The summed E-state index contributed by atoms with van der Waals surface area (Å²) in [7, 11) is 0. The highest BCUT2D eigenvalue weighted by Crippen LogP contribution is 2.31. The molecule has 0 amide bonds. The Hall–Kier alpha value is -0.570. The quantitative estimate of drug-likeness (QED) is 0.720. The maximum Gasteiger partial charge on any atom is 0.308 e. The number of hydrogen-bond acceptors (Lipinski definition) is 3. The van der Waals surface area contributed by atoms with Gasteiger partial charge in [-0.25, -0.2) is 0 Å². The van der Waals surface area contributed by atoms with Gasteiger partial charge in [0.25, 0.3) is 0 Å². The van der Waals surface area contributed by atoms with Gasteiger partial charge in [-0.05, 0) is 63.7 Å². The maximum atomic E-state index is 11.8. The molecule has 112 valence electrons. The van der Waals surface area contributed by atoms with Crippen molar-refractivity contribution in [1.82, 2.24) is 0 Å². The van der Waals surface area contributed by atoms with Gasteiger partial charge in [-0.15, -0.1) is 0 Å². The number of hydrogen-bond donors (Lipinski definition) is 1. The molecule has 1 fully saturated rings. The van der Waals surface area contributed by atoms with E-state index in [0.717, 1.165) is 44.4 Å². The summed E-state index contributed by atoms with van der Waals surface area (Å²) in [4.78, 5) is 11.8. The lowest BCUT2D eigenvalue weighted by molar-refractivity contribution is -0.148. The molecular formula is C16H30O3. The molecule has 1 N–H and O–H groups in total. The van der Waals surface area contributed by atoms with E-state index in [2.05, 4.69) is 13.8 Å². The molecule has 1 aliphatic carbocycles. The van der Waals surface area contributed by atoms with Crippen LogP contribution in [0.2, 0.25) is 0 Å². The van der Waals surface area contributed by atoms with Gasteiger partial charge >= 0.3 is 5.97 Å². The van der Waals surface area contributed by atoms with Crippen molar-refractivity contribution in [3.63, 3.8) is 0 Å². The number of carbonyl (C=O) groups excluding carboxylic acids is 1. The Kier molecular flexibility index (Phi) is 7.44. The molecule has 0 aromatic carbocycles. The summed E-state index contributed by atoms with van der Waals surface area (Å²) in [6.45, 7) is 6.64. The first-order valence-corrected chi connectivity index (χ1v) is 7.91. The van der Waals surface area contributed by atoms with E-state index in [4.69, 9.17) is 4.74 Å². The second-order valence-electron chi connectivity index (χ2n) is 6.11. The number of aliphatic hydroxyl groups is 1. The summed E-state index contributed by atoms with van der Waals surface area (Å²) in [6, 6.07) is 0. The molecule has 0 bridgehead atoms. The van der Waals surface area contributed by atoms with Crippen molar-refractivity contribution in [3.8, 4) is 0 Å². The molecule has 0 aliphatic heterocycles. The van der Waals surface area contributed by atoms with E-state index in [1.807, 2.05) is 6.92 Å². The van der Waals surface area contributed by atoms with Gasteiger partial charge in [-0.3, -0.25) is 4.79 Å². The van der Waals surface area contributed by atoms with Gasteiger partial charge < -0.3 is 9.84 Å². The van der Waals surface area contributed by atoms with Gasteiger partial charge in [0.2, 0.25) is 0 Å². The van der Waals surface area contributed by atoms with Crippen molar-refractivity contribution in [2.75, 3.05) is 6.61 Å². The maximum absolute atomic E-state index is 11.8. The molecule has 0 saturated heterocycles. The monoisotopic (exact) mass is 270 g/mol. The molecule has 0 heterocycles. The Bertz CT molecular complexity index is 257. The molecule has 0 aromatic heterocycles. The second-order valence-corrected chi connectivity index (χ2v) is 6.11. The average Bonchev–Trinajstić information content (AvgIpc) is 2.39. The Morgan fingerprint density at radius 2 is 1.89 bits per heavy atom. The normalized spacial score (nSPS) is 26.7. The minimum Gasteiger partial charge on any atom is -0.466 e. The third-order valence-electron chi connectivity index (χ3n) is 4.35. The first-order valence-electron chi connectivity index (χ1n) is 7.91. The highest BCUT2D eigenvalue weighted by molar-refractivity contribution is 5.72. The largest absolute Gasteiger partial charge is 0.466 e. The third kappa shape index (κ3) is 5.94. The fourth-order valence-electron chi connectivity index (χ4n) is 3.22. The highest BCUT2D eigenvalue weighted by Gasteiger charge is 2.24. The smallest absolute Gasteiger partial charge is 0.308 e. The predicted octanol–water partition coefficient (Wildman–Crippen LogP) is 3.54. The zero-order chi connectivity index (χ0) is 14.3. The van der Waals surface area contributed by atoms with E-state index in [-0.39, 0.29) is 18.0 Å². The van der Waals surface area contributed by atoms with Gasteiger partial charge in [0.05, 0.1) is 18.6 Å². The van der Waals surface area contributed by atoms with E-state index in [0.29, 0.717) is 12.5 Å². The van der Waals surface area contributed by atoms with E-state index >= 15 is 0 Å². The fourth-order valence-corrected chi connectivity index (χ4v) is 3.22. The van der Waals surface area contributed by atoms with Gasteiger partial charge in [-0.2, -0.15) is 0 Å². The Morgan fingerprint density at radius 3 is 2.42 bits per heavy atom. The molecule has 1 rings (SSSR count). The van der Waals surface area contributed by atoms with Crippen LogP contribution in [0.1, 0.15) is 65.7 Å². The topological polar surface area (TPSA) is 46.5 Å². The molecular weight excluding hydrogens is 240 g/mol. The predicted molar refractivity (Wildman–Crippen MR) is 76.8 cm³/mol. The Morgan fingerprint density at radius 1 is 1.26 bits per heavy atom. The SMILES string of the molecule is CCOC(=O)C(CC)CC(C)CC1CCC(O)CC1. The van der Waals surface area contributed by atoms with Crippen LogP contribution in [0.15, 0.2) is 0 Å². The fraction of sp³-hybridized carbons (Fsp3) is 0.938. The lowest BCUT2D eigenvalue weighted by Gasteiger charge is -2.28. The van der Waals surface area contributed by atoms with Crippen molar-refractivity contribution in [2.24, 2.45) is 17.8 Å². The minimum atomic E-state index is -0.0746. The minimum absolute atomic E-state index is 0.0316. The van der Waals surface area contributed by atoms with Crippen LogP contribution < -0.4 is 0 Å². The first-order chi connectivity index (χ1) is 9.06. The number of aliphatic hydroxyl groups excluding tert-OH is 1. The number of ether oxygens (including phenoxy) is 1. The summed E-state index contributed by atoms with van der Waals surface area (Å²) in [6.07, 6.45) is 7.10. The summed E-state index contributed by atoms with van der Waals surface area (Å²) in [5.74, 6) is 1.33. The zero-order valence-corrected chi connectivity index (χ0v) is 12.7. The lowest BCUT2D eigenvalue weighted by atomic mass is 9.79. The summed E-state index contributed by atoms with van der Waals surface area (Å²) in [5, 5.41) is 9.52. The van der Waals surface area contributed by atoms with Crippen LogP contribution in [-0.4, -0.2) is 23.8 Å². The standard InChI is InChI=1S/C16H30O3/c1-4-14(16(18)19-5-2)11-12(3)10-13-6-8-15(17)9-7-13/h12-15,17H,4-11H2,1-3H3. The van der Waals surface area contributed by atoms with Crippen LogP contribution in [-0.2, 0) is 9.53 Å². The van der Waals surface area contributed by atoms with E-state index in [9.17, 15) is 9.90 Å². The summed E-state index contributed by atoms with van der Waals surface area (Å²) >= 11 is 0. The molecule has 3 nitrogen and oxygen atoms in total. The van der Waals surface area contributed by atoms with Gasteiger partial charge in [0, 0.05) is 0 Å². The van der Waals surface area contributed by atoms with Crippen molar-refractivity contribution in [2.45, 2.75) is 71.8 Å². The zero-order valence-electron chi connectivity index (χ0n) is 12.7. The van der Waals surface area contributed by atoms with E-state index in [1.165, 1.54) is 6.42 Å². The molecule has 0 radical (unpaired) electrons. The van der Waals surface area contributed by atoms with Crippen LogP contribution in [0.5, 0.6) is 0 Å². The van der Waals surface area contributed by atoms with Gasteiger partial charge in [-0.1, -0.05) is 13.8 Å². The lowest BCUT2D eigenvalue weighted by Crippen LogP contribution is -2.23. The molecule has 1 aliphatic rings. The highest BCUT2D eigenvalue weighted by atomic mass is 16.5. The van der Waals surface area contributed by atoms with Gasteiger partial charge in [0.1, 0.15) is 0 Å². The van der Waals surface area contributed by atoms with Crippen LogP contribution in [0, 0.1) is 17.8 Å².